The third-order valence-corrected chi connectivity index (χ3v) is 4.99. The van der Waals surface area contributed by atoms with E-state index < -0.39 is 0 Å². The van der Waals surface area contributed by atoms with Crippen LogP contribution in [0.25, 0.3) is 0 Å². The highest BCUT2D eigenvalue weighted by Crippen LogP contribution is 2.29. The molecule has 2 aromatic rings. The van der Waals surface area contributed by atoms with E-state index in [0.717, 1.165) is 36.2 Å². The Hall–Kier alpha value is -2.10. The monoisotopic (exact) mass is 325 g/mol. The Kier molecular flexibility index (Phi) is 5.03. The molecule has 3 rings (SSSR count). The molecule has 1 fully saturated rings. The third kappa shape index (κ3) is 3.69. The third-order valence-electron chi connectivity index (χ3n) is 4.99. The lowest BCUT2D eigenvalue weighted by atomic mass is 9.98. The normalized spacial score (nSPS) is 20.5. The fraction of sp³-hybridized carbons (Fsp3) is 0.500. The number of nitrogens with zero attached hydrogens (tertiary/aromatic N) is 1. The van der Waals surface area contributed by atoms with Crippen LogP contribution in [-0.4, -0.2) is 22.1 Å². The van der Waals surface area contributed by atoms with Crippen LogP contribution >= 0.6 is 0 Å². The summed E-state index contributed by atoms with van der Waals surface area (Å²) in [6.45, 7) is 6.05. The van der Waals surface area contributed by atoms with E-state index in [2.05, 4.69) is 59.7 Å². The molecule has 24 heavy (non-hydrogen) atoms. The van der Waals surface area contributed by atoms with Gasteiger partial charge in [-0.25, -0.2) is 0 Å². The van der Waals surface area contributed by atoms with Crippen molar-refractivity contribution in [2.45, 2.75) is 58.4 Å². The first-order valence-electron chi connectivity index (χ1n) is 8.94. The average molecular weight is 325 g/mol. The van der Waals surface area contributed by atoms with E-state index in [0.29, 0.717) is 5.92 Å². The van der Waals surface area contributed by atoms with E-state index in [1.807, 2.05) is 6.92 Å². The predicted molar refractivity (Wildman–Crippen MR) is 96.2 cm³/mol. The summed E-state index contributed by atoms with van der Waals surface area (Å²) in [6, 6.07) is 10.9. The van der Waals surface area contributed by atoms with Crippen LogP contribution in [0.2, 0.25) is 0 Å². The zero-order chi connectivity index (χ0) is 17.1. The molecule has 0 spiro atoms. The van der Waals surface area contributed by atoms with Crippen LogP contribution in [0.15, 0.2) is 30.3 Å². The first kappa shape index (κ1) is 16.7. The maximum atomic E-state index is 12.7. The van der Waals surface area contributed by atoms with Gasteiger partial charge in [-0.05, 0) is 50.0 Å². The predicted octanol–water partition coefficient (Wildman–Crippen LogP) is 3.98. The summed E-state index contributed by atoms with van der Waals surface area (Å²) >= 11 is 0. The Bertz CT molecular complexity index is 690. The van der Waals surface area contributed by atoms with Gasteiger partial charge >= 0.3 is 0 Å². The highest BCUT2D eigenvalue weighted by atomic mass is 16.1. The second-order valence-electron chi connectivity index (χ2n) is 7.30. The minimum atomic E-state index is 0.0234. The van der Waals surface area contributed by atoms with Crippen LogP contribution in [0.3, 0.4) is 0 Å². The molecule has 1 saturated carbocycles. The molecular formula is C20H27N3O. The maximum absolute atomic E-state index is 12.7. The Morgan fingerprint density at radius 1 is 1.29 bits per heavy atom. The van der Waals surface area contributed by atoms with E-state index in [9.17, 15) is 4.79 Å². The number of benzene rings is 1. The Balaban J connectivity index is 1.59. The molecule has 0 aliphatic heterocycles. The van der Waals surface area contributed by atoms with Crippen molar-refractivity contribution in [1.82, 2.24) is 15.5 Å². The van der Waals surface area contributed by atoms with E-state index in [1.54, 1.807) is 0 Å². The largest absolute Gasteiger partial charge is 0.349 e. The second kappa shape index (κ2) is 7.20. The van der Waals surface area contributed by atoms with Gasteiger partial charge in [0.1, 0.15) is 0 Å². The van der Waals surface area contributed by atoms with E-state index in [-0.39, 0.29) is 17.9 Å². The maximum Gasteiger partial charge on any atom is 0.255 e. The molecule has 0 radical (unpaired) electrons. The van der Waals surface area contributed by atoms with Gasteiger partial charge in [-0.15, -0.1) is 0 Å². The lowest BCUT2D eigenvalue weighted by Gasteiger charge is -2.15. The smallest absolute Gasteiger partial charge is 0.255 e. The van der Waals surface area contributed by atoms with E-state index in [4.69, 9.17) is 0 Å². The van der Waals surface area contributed by atoms with Crippen molar-refractivity contribution in [2.24, 2.45) is 5.92 Å². The number of H-pyrrole nitrogens is 1. The number of nitrogens with one attached hydrogen (secondary N) is 2. The zero-order valence-electron chi connectivity index (χ0n) is 14.8. The number of aryl methyl sites for hydroxylation is 1. The molecule has 1 aromatic heterocycles. The van der Waals surface area contributed by atoms with Gasteiger partial charge in [-0.3, -0.25) is 9.89 Å². The Labute approximate surface area is 144 Å². The number of carbonyl (C=O) groups is 1. The fourth-order valence-electron chi connectivity index (χ4n) is 3.75. The summed E-state index contributed by atoms with van der Waals surface area (Å²) in [4.78, 5) is 12.7. The molecule has 4 heteroatoms. The van der Waals surface area contributed by atoms with Gasteiger partial charge in [0.05, 0.1) is 11.3 Å². The van der Waals surface area contributed by atoms with Crippen molar-refractivity contribution in [2.75, 3.05) is 0 Å². The molecule has 4 nitrogen and oxygen atoms in total. The fourth-order valence-corrected chi connectivity index (χ4v) is 3.75. The number of aromatic nitrogens is 2. The minimum Gasteiger partial charge on any atom is -0.349 e. The number of aromatic amines is 1. The van der Waals surface area contributed by atoms with Crippen LogP contribution < -0.4 is 5.32 Å². The van der Waals surface area contributed by atoms with Gasteiger partial charge in [0.15, 0.2) is 0 Å². The highest BCUT2D eigenvalue weighted by molar-refractivity contribution is 5.96. The van der Waals surface area contributed by atoms with Crippen molar-refractivity contribution in [3.05, 3.63) is 52.8 Å². The molecule has 1 amide bonds. The molecule has 0 saturated heterocycles. The van der Waals surface area contributed by atoms with Crippen LogP contribution in [0, 0.1) is 12.8 Å². The lowest BCUT2D eigenvalue weighted by Crippen LogP contribution is -2.33. The van der Waals surface area contributed by atoms with Gasteiger partial charge in [-0.1, -0.05) is 44.2 Å². The Morgan fingerprint density at radius 3 is 2.75 bits per heavy atom. The SMILES string of the molecule is Cc1[nH]nc(C(C)C)c1C(=O)NC1CCC(Cc2ccccc2)C1. The number of hydrogen-bond donors (Lipinski definition) is 2. The van der Waals surface area contributed by atoms with Gasteiger partial charge < -0.3 is 5.32 Å². The topological polar surface area (TPSA) is 57.8 Å². The second-order valence-corrected chi connectivity index (χ2v) is 7.30. The first-order chi connectivity index (χ1) is 11.5. The molecule has 0 bridgehead atoms. The number of carbonyl (C=O) groups excluding carboxylic acids is 1. The van der Waals surface area contributed by atoms with Crippen molar-refractivity contribution >= 4 is 5.91 Å². The van der Waals surface area contributed by atoms with Crippen LogP contribution in [0.1, 0.15) is 66.3 Å². The van der Waals surface area contributed by atoms with Crippen LogP contribution in [0.4, 0.5) is 0 Å². The summed E-state index contributed by atoms with van der Waals surface area (Å²) in [5, 5.41) is 10.5. The summed E-state index contributed by atoms with van der Waals surface area (Å²) in [7, 11) is 0. The molecular weight excluding hydrogens is 298 g/mol. The standard InChI is InChI=1S/C20H27N3O/c1-13(2)19-18(14(3)22-23-19)20(24)21-17-10-9-16(12-17)11-15-7-5-4-6-8-15/h4-8,13,16-17H,9-12H2,1-3H3,(H,21,24)(H,22,23). The highest BCUT2D eigenvalue weighted by Gasteiger charge is 2.28. The molecule has 1 aliphatic rings. The van der Waals surface area contributed by atoms with E-state index >= 15 is 0 Å². The van der Waals surface area contributed by atoms with Crippen molar-refractivity contribution in [3.8, 4) is 0 Å². The van der Waals surface area contributed by atoms with Crippen molar-refractivity contribution in [1.29, 1.82) is 0 Å². The minimum absolute atomic E-state index is 0.0234. The average Bonchev–Trinajstić information content (AvgIpc) is 3.15. The summed E-state index contributed by atoms with van der Waals surface area (Å²) in [5.74, 6) is 0.924. The van der Waals surface area contributed by atoms with Gasteiger partial charge in [0, 0.05) is 11.7 Å². The van der Waals surface area contributed by atoms with Crippen molar-refractivity contribution < 1.29 is 4.79 Å². The number of rotatable bonds is 5. The number of amides is 1. The quantitative estimate of drug-likeness (QED) is 0.873. The van der Waals surface area contributed by atoms with Crippen LogP contribution in [0.5, 0.6) is 0 Å². The lowest BCUT2D eigenvalue weighted by molar-refractivity contribution is 0.0935. The Morgan fingerprint density at radius 2 is 2.04 bits per heavy atom. The van der Waals surface area contributed by atoms with Crippen molar-refractivity contribution in [3.63, 3.8) is 0 Å². The van der Waals surface area contributed by atoms with Crippen LogP contribution in [-0.2, 0) is 6.42 Å². The molecule has 1 aromatic carbocycles. The summed E-state index contributed by atoms with van der Waals surface area (Å²) in [6.07, 6.45) is 4.42. The van der Waals surface area contributed by atoms with Gasteiger partial charge in [0.25, 0.3) is 5.91 Å². The summed E-state index contributed by atoms with van der Waals surface area (Å²) < 4.78 is 0. The molecule has 128 valence electrons. The zero-order valence-corrected chi connectivity index (χ0v) is 14.8. The van der Waals surface area contributed by atoms with Gasteiger partial charge in [-0.2, -0.15) is 5.10 Å². The molecule has 2 atom stereocenters. The molecule has 1 heterocycles. The molecule has 2 N–H and O–H groups in total. The molecule has 2 unspecified atom stereocenters. The first-order valence-corrected chi connectivity index (χ1v) is 8.94. The number of hydrogen-bond acceptors (Lipinski definition) is 2. The van der Waals surface area contributed by atoms with E-state index in [1.165, 1.54) is 12.0 Å². The molecule has 1 aliphatic carbocycles. The van der Waals surface area contributed by atoms with Gasteiger partial charge in [0.2, 0.25) is 0 Å². The summed E-state index contributed by atoms with van der Waals surface area (Å²) in [5.41, 5.74) is 3.85.